The van der Waals surface area contributed by atoms with E-state index in [0.29, 0.717) is 40.6 Å². The minimum Gasteiger partial charge on any atom is -0.384 e. The molecule has 168 valence electrons. The van der Waals surface area contributed by atoms with Gasteiger partial charge in [0.1, 0.15) is 11.6 Å². The van der Waals surface area contributed by atoms with Crippen LogP contribution in [0.1, 0.15) is 36.0 Å². The van der Waals surface area contributed by atoms with Crippen LogP contribution in [0.4, 0.5) is 19.0 Å². The van der Waals surface area contributed by atoms with Crippen molar-refractivity contribution in [2.45, 2.75) is 25.3 Å². The summed E-state index contributed by atoms with van der Waals surface area (Å²) in [7, 11) is 0. The van der Waals surface area contributed by atoms with E-state index in [0.717, 1.165) is 0 Å². The minimum atomic E-state index is -2.70. The Balaban J connectivity index is 1.53. The van der Waals surface area contributed by atoms with Crippen molar-refractivity contribution in [1.82, 2.24) is 19.5 Å². The molecule has 10 heteroatoms. The lowest BCUT2D eigenvalue weighted by Gasteiger charge is -2.15. The Bertz CT molecular complexity index is 1430. The number of nitrogens with zero attached hydrogens (tertiary/aromatic N) is 3. The van der Waals surface area contributed by atoms with Gasteiger partial charge in [0.2, 0.25) is 5.95 Å². The lowest BCUT2D eigenvalue weighted by molar-refractivity contribution is 0.152. The summed E-state index contributed by atoms with van der Waals surface area (Å²) in [6, 6.07) is 9.76. The fraction of sp³-hybridized carbons (Fsp3) is 0.174. The van der Waals surface area contributed by atoms with Crippen LogP contribution >= 0.6 is 11.6 Å². The summed E-state index contributed by atoms with van der Waals surface area (Å²) in [5.41, 5.74) is 6.91. The van der Waals surface area contributed by atoms with E-state index in [2.05, 4.69) is 15.0 Å². The molecule has 5 rings (SSSR count). The third kappa shape index (κ3) is 3.78. The number of benzene rings is 1. The number of aromatic nitrogens is 4. The first-order valence-corrected chi connectivity index (χ1v) is 10.5. The van der Waals surface area contributed by atoms with Gasteiger partial charge in [-0.3, -0.25) is 4.79 Å². The van der Waals surface area contributed by atoms with Gasteiger partial charge in [0.15, 0.2) is 0 Å². The molecule has 6 nitrogen and oxygen atoms in total. The molecule has 0 saturated heterocycles. The number of pyridine rings is 2. The molecule has 4 heterocycles. The zero-order valence-corrected chi connectivity index (χ0v) is 17.8. The number of nitrogens with two attached hydrogens (primary N) is 1. The van der Waals surface area contributed by atoms with Gasteiger partial charge in [-0.1, -0.05) is 17.7 Å². The molecule has 0 aliphatic carbocycles. The van der Waals surface area contributed by atoms with E-state index in [1.54, 1.807) is 10.6 Å². The third-order valence-electron chi connectivity index (χ3n) is 5.77. The summed E-state index contributed by atoms with van der Waals surface area (Å²) in [4.78, 5) is 24.1. The molecule has 0 bridgehead atoms. The highest BCUT2D eigenvalue weighted by molar-refractivity contribution is 6.30. The molecule has 3 aromatic heterocycles. The zero-order chi connectivity index (χ0) is 23.3. The highest BCUT2D eigenvalue weighted by Crippen LogP contribution is 2.36. The maximum Gasteiger partial charge on any atom is 0.264 e. The first-order valence-electron chi connectivity index (χ1n) is 10.1. The van der Waals surface area contributed by atoms with Gasteiger partial charge in [0, 0.05) is 22.3 Å². The van der Waals surface area contributed by atoms with E-state index in [4.69, 9.17) is 17.3 Å². The number of aryl methyl sites for hydroxylation is 1. The summed E-state index contributed by atoms with van der Waals surface area (Å²) < 4.78 is 42.8. The average Bonchev–Trinajstić information content (AvgIpc) is 3.40. The van der Waals surface area contributed by atoms with Crippen LogP contribution in [0.5, 0.6) is 0 Å². The van der Waals surface area contributed by atoms with Crippen molar-refractivity contribution in [3.8, 4) is 22.4 Å². The Morgan fingerprint density at radius 3 is 2.73 bits per heavy atom. The Hall–Kier alpha value is -3.59. The number of nitrogens with one attached hydrogen (secondary N) is 1. The molecule has 1 aromatic carbocycles. The summed E-state index contributed by atoms with van der Waals surface area (Å²) in [6.45, 7) is 0. The van der Waals surface area contributed by atoms with Gasteiger partial charge in [-0.05, 0) is 54.3 Å². The van der Waals surface area contributed by atoms with Crippen LogP contribution in [-0.2, 0) is 6.42 Å². The third-order valence-corrected chi connectivity index (χ3v) is 6.00. The fourth-order valence-electron chi connectivity index (χ4n) is 4.27. The molecule has 1 aliphatic heterocycles. The SMILES string of the molecule is Nc1ccc(-c2cnc(C3CCc4cc(-c5cc(Cl)ccc5C(F)F)cc(=O)n43)[nH]2)c(F)n1. The van der Waals surface area contributed by atoms with Crippen molar-refractivity contribution in [2.24, 2.45) is 0 Å². The Kier molecular flexibility index (Phi) is 5.20. The van der Waals surface area contributed by atoms with Crippen LogP contribution in [0.15, 0.2) is 53.5 Å². The van der Waals surface area contributed by atoms with Gasteiger partial charge in [-0.2, -0.15) is 4.39 Å². The summed E-state index contributed by atoms with van der Waals surface area (Å²) in [6.07, 6.45) is -0.104. The Morgan fingerprint density at radius 1 is 1.15 bits per heavy atom. The van der Waals surface area contributed by atoms with Crippen molar-refractivity contribution >= 4 is 17.4 Å². The second kappa shape index (κ2) is 8.08. The summed E-state index contributed by atoms with van der Waals surface area (Å²) in [5, 5.41) is 0.306. The van der Waals surface area contributed by atoms with E-state index in [1.165, 1.54) is 42.6 Å². The van der Waals surface area contributed by atoms with Gasteiger partial charge >= 0.3 is 0 Å². The molecule has 0 spiro atoms. The molecule has 0 radical (unpaired) electrons. The molecule has 0 amide bonds. The second-order valence-electron chi connectivity index (χ2n) is 7.79. The molecule has 0 saturated carbocycles. The highest BCUT2D eigenvalue weighted by atomic mass is 35.5. The van der Waals surface area contributed by atoms with Crippen LogP contribution in [0, 0.1) is 5.95 Å². The Morgan fingerprint density at radius 2 is 1.97 bits per heavy atom. The lowest BCUT2D eigenvalue weighted by Crippen LogP contribution is -2.23. The standard InChI is InChI=1S/C23H17ClF3N5O/c24-12-1-3-14(21(25)26)16(9-12)11-7-13-2-5-18(32(13)20(33)8-11)23-29-10-17(30-23)15-4-6-19(28)31-22(15)27/h1,3-4,6-10,18,21H,2,5H2,(H2,28,31)(H,29,30). The number of anilines is 1. The Labute approximate surface area is 190 Å². The predicted octanol–water partition coefficient (Wildman–Crippen LogP) is 5.15. The molecule has 4 aromatic rings. The van der Waals surface area contributed by atoms with Gasteiger partial charge in [-0.25, -0.2) is 18.7 Å². The normalized spacial score (nSPS) is 15.2. The molecule has 1 aliphatic rings. The number of fused-ring (bicyclic) bond motifs is 1. The van der Waals surface area contributed by atoms with E-state index in [9.17, 15) is 18.0 Å². The van der Waals surface area contributed by atoms with Crippen LogP contribution < -0.4 is 11.3 Å². The molecule has 1 atom stereocenters. The van der Waals surface area contributed by atoms with E-state index >= 15 is 0 Å². The van der Waals surface area contributed by atoms with E-state index in [-0.39, 0.29) is 28.1 Å². The first-order chi connectivity index (χ1) is 15.8. The number of nitrogen functional groups attached to an aromatic ring is 1. The van der Waals surface area contributed by atoms with Gasteiger partial charge in [0.05, 0.1) is 23.5 Å². The van der Waals surface area contributed by atoms with Crippen LogP contribution in [-0.4, -0.2) is 19.5 Å². The molecular formula is C23H17ClF3N5O. The van der Waals surface area contributed by atoms with E-state index in [1.807, 2.05) is 0 Å². The second-order valence-corrected chi connectivity index (χ2v) is 8.22. The van der Waals surface area contributed by atoms with Gasteiger partial charge in [-0.15, -0.1) is 0 Å². The molecule has 1 unspecified atom stereocenters. The smallest absolute Gasteiger partial charge is 0.264 e. The maximum absolute atomic E-state index is 14.2. The van der Waals surface area contributed by atoms with Gasteiger partial charge < -0.3 is 15.3 Å². The molecule has 3 N–H and O–H groups in total. The minimum absolute atomic E-state index is 0.0674. The van der Waals surface area contributed by atoms with Crippen molar-refractivity contribution in [3.63, 3.8) is 0 Å². The van der Waals surface area contributed by atoms with Crippen molar-refractivity contribution in [3.05, 3.63) is 87.1 Å². The van der Waals surface area contributed by atoms with Crippen LogP contribution in [0.3, 0.4) is 0 Å². The largest absolute Gasteiger partial charge is 0.384 e. The number of H-pyrrole nitrogens is 1. The number of halogens is 4. The number of rotatable bonds is 4. The molecule has 33 heavy (non-hydrogen) atoms. The number of hydrogen-bond donors (Lipinski definition) is 2. The lowest BCUT2D eigenvalue weighted by atomic mass is 10.00. The summed E-state index contributed by atoms with van der Waals surface area (Å²) in [5.74, 6) is -0.168. The molecule has 0 fully saturated rings. The monoisotopic (exact) mass is 471 g/mol. The number of aromatic amines is 1. The van der Waals surface area contributed by atoms with Gasteiger partial charge in [0.25, 0.3) is 12.0 Å². The summed E-state index contributed by atoms with van der Waals surface area (Å²) >= 11 is 6.03. The zero-order valence-electron chi connectivity index (χ0n) is 17.0. The first kappa shape index (κ1) is 21.3. The van der Waals surface area contributed by atoms with Crippen molar-refractivity contribution in [1.29, 1.82) is 0 Å². The molecular weight excluding hydrogens is 455 g/mol. The van der Waals surface area contributed by atoms with Crippen LogP contribution in [0.2, 0.25) is 5.02 Å². The number of alkyl halides is 2. The van der Waals surface area contributed by atoms with Crippen molar-refractivity contribution in [2.75, 3.05) is 5.73 Å². The quantitative estimate of drug-likeness (QED) is 0.403. The average molecular weight is 472 g/mol. The highest BCUT2D eigenvalue weighted by Gasteiger charge is 2.28. The fourth-order valence-corrected chi connectivity index (χ4v) is 4.44. The van der Waals surface area contributed by atoms with E-state index < -0.39 is 18.4 Å². The van der Waals surface area contributed by atoms with Crippen LogP contribution in [0.25, 0.3) is 22.4 Å². The number of imidazole rings is 1. The number of hydrogen-bond acceptors (Lipinski definition) is 4. The predicted molar refractivity (Wildman–Crippen MR) is 119 cm³/mol. The maximum atomic E-state index is 14.2. The topological polar surface area (TPSA) is 89.6 Å². The van der Waals surface area contributed by atoms with Crippen molar-refractivity contribution < 1.29 is 13.2 Å².